The van der Waals surface area contributed by atoms with E-state index < -0.39 is 0 Å². The van der Waals surface area contributed by atoms with Gasteiger partial charge in [-0.3, -0.25) is 0 Å². The zero-order valence-electron chi connectivity index (χ0n) is 9.75. The van der Waals surface area contributed by atoms with E-state index in [-0.39, 0.29) is 0 Å². The second kappa shape index (κ2) is 6.76. The van der Waals surface area contributed by atoms with E-state index in [9.17, 15) is 0 Å². The maximum atomic E-state index is 5.59. The van der Waals surface area contributed by atoms with Crippen molar-refractivity contribution in [1.82, 2.24) is 0 Å². The van der Waals surface area contributed by atoms with E-state index in [2.05, 4.69) is 11.8 Å². The topological polar surface area (TPSA) is 44.5 Å². The third-order valence-corrected chi connectivity index (χ3v) is 2.13. The Kier molecular flexibility index (Phi) is 5.24. The fraction of sp³-hybridized carbons (Fsp3) is 0.385. The molecule has 1 rings (SSSR count). The number of nitrogens with two attached hydrogens (primary N) is 1. The van der Waals surface area contributed by atoms with Gasteiger partial charge in [0.25, 0.3) is 0 Å². The molecule has 3 nitrogen and oxygen atoms in total. The van der Waals surface area contributed by atoms with E-state index in [4.69, 9.17) is 15.2 Å². The first-order valence-corrected chi connectivity index (χ1v) is 5.21. The molecule has 0 atom stereocenters. The molecule has 86 valence electrons. The predicted molar refractivity (Wildman–Crippen MR) is 64.4 cm³/mol. The summed E-state index contributed by atoms with van der Waals surface area (Å²) >= 11 is 0. The lowest BCUT2D eigenvalue weighted by Gasteiger charge is -2.10. The zero-order valence-corrected chi connectivity index (χ0v) is 9.75. The maximum Gasteiger partial charge on any atom is 0.161 e. The van der Waals surface area contributed by atoms with Crippen LogP contribution in [0.25, 0.3) is 0 Å². The van der Waals surface area contributed by atoms with Crippen LogP contribution in [0.2, 0.25) is 0 Å². The summed E-state index contributed by atoms with van der Waals surface area (Å²) in [6, 6.07) is 5.69. The summed E-state index contributed by atoms with van der Waals surface area (Å²) in [6.07, 6.45) is 0.715. The number of benzene rings is 1. The highest BCUT2D eigenvalue weighted by Crippen LogP contribution is 2.27. The minimum Gasteiger partial charge on any atom is -0.493 e. The average molecular weight is 219 g/mol. The van der Waals surface area contributed by atoms with E-state index in [1.165, 1.54) is 0 Å². The Morgan fingerprint density at radius 2 is 2.12 bits per heavy atom. The summed E-state index contributed by atoms with van der Waals surface area (Å²) in [7, 11) is 1.62. The molecule has 0 aromatic heterocycles. The van der Waals surface area contributed by atoms with Crippen LogP contribution >= 0.6 is 0 Å². The highest BCUT2D eigenvalue weighted by molar-refractivity contribution is 5.42. The Labute approximate surface area is 96.6 Å². The second-order valence-corrected chi connectivity index (χ2v) is 3.21. The van der Waals surface area contributed by atoms with Gasteiger partial charge in [-0.15, -0.1) is 11.8 Å². The SMILES string of the molecule is CC#CCCOc1cc(CN)ccc1OC. The summed E-state index contributed by atoms with van der Waals surface area (Å²) in [5, 5.41) is 0. The first-order chi connectivity index (χ1) is 7.81. The van der Waals surface area contributed by atoms with Gasteiger partial charge in [-0.05, 0) is 24.6 Å². The van der Waals surface area contributed by atoms with Crippen LogP contribution in [-0.4, -0.2) is 13.7 Å². The number of methoxy groups -OCH3 is 1. The van der Waals surface area contributed by atoms with Gasteiger partial charge in [0.2, 0.25) is 0 Å². The first-order valence-electron chi connectivity index (χ1n) is 5.21. The van der Waals surface area contributed by atoms with Crippen molar-refractivity contribution in [3.05, 3.63) is 23.8 Å². The quantitative estimate of drug-likeness (QED) is 0.608. The Bertz CT molecular complexity index is 391. The second-order valence-electron chi connectivity index (χ2n) is 3.21. The Morgan fingerprint density at radius 3 is 2.75 bits per heavy atom. The van der Waals surface area contributed by atoms with Crippen molar-refractivity contribution in [3.8, 4) is 23.3 Å². The van der Waals surface area contributed by atoms with Crippen molar-refractivity contribution in [1.29, 1.82) is 0 Å². The van der Waals surface area contributed by atoms with Crippen molar-refractivity contribution in [3.63, 3.8) is 0 Å². The average Bonchev–Trinajstić information content (AvgIpc) is 2.34. The van der Waals surface area contributed by atoms with Crippen LogP contribution in [0.15, 0.2) is 18.2 Å². The molecule has 0 amide bonds. The van der Waals surface area contributed by atoms with Crippen LogP contribution in [-0.2, 0) is 6.54 Å². The lowest BCUT2D eigenvalue weighted by atomic mass is 10.2. The molecule has 0 fully saturated rings. The third kappa shape index (κ3) is 3.48. The summed E-state index contributed by atoms with van der Waals surface area (Å²) in [4.78, 5) is 0. The fourth-order valence-corrected chi connectivity index (χ4v) is 1.30. The van der Waals surface area contributed by atoms with E-state index in [0.29, 0.717) is 19.6 Å². The van der Waals surface area contributed by atoms with Crippen LogP contribution in [0, 0.1) is 11.8 Å². The zero-order chi connectivity index (χ0) is 11.8. The monoisotopic (exact) mass is 219 g/mol. The minimum atomic E-state index is 0.495. The van der Waals surface area contributed by atoms with E-state index in [1.807, 2.05) is 25.1 Å². The number of ether oxygens (including phenoxy) is 2. The number of hydrogen-bond donors (Lipinski definition) is 1. The van der Waals surface area contributed by atoms with Crippen LogP contribution in [0.4, 0.5) is 0 Å². The van der Waals surface area contributed by atoms with Gasteiger partial charge in [-0.2, -0.15) is 0 Å². The molecule has 0 aliphatic carbocycles. The summed E-state index contributed by atoms with van der Waals surface area (Å²) in [5.41, 5.74) is 6.59. The molecule has 1 aromatic carbocycles. The molecule has 0 aliphatic rings. The van der Waals surface area contributed by atoms with Crippen molar-refractivity contribution >= 4 is 0 Å². The van der Waals surface area contributed by atoms with Crippen LogP contribution < -0.4 is 15.2 Å². The highest BCUT2D eigenvalue weighted by Gasteiger charge is 2.04. The Balaban J connectivity index is 2.69. The molecular weight excluding hydrogens is 202 g/mol. The first kappa shape index (κ1) is 12.4. The molecule has 1 aromatic rings. The van der Waals surface area contributed by atoms with Gasteiger partial charge in [-0.1, -0.05) is 6.07 Å². The molecule has 0 spiro atoms. The number of hydrogen-bond acceptors (Lipinski definition) is 3. The maximum absolute atomic E-state index is 5.59. The lowest BCUT2D eigenvalue weighted by Crippen LogP contribution is -2.01. The molecule has 3 heteroatoms. The molecule has 0 bridgehead atoms. The van der Waals surface area contributed by atoms with Gasteiger partial charge in [0, 0.05) is 13.0 Å². The molecule has 0 saturated carbocycles. The molecule has 2 N–H and O–H groups in total. The largest absolute Gasteiger partial charge is 0.493 e. The van der Waals surface area contributed by atoms with Gasteiger partial charge in [0.05, 0.1) is 13.7 Å². The normalized spacial score (nSPS) is 9.19. The van der Waals surface area contributed by atoms with Crippen LogP contribution in [0.3, 0.4) is 0 Å². The van der Waals surface area contributed by atoms with Gasteiger partial charge in [0.1, 0.15) is 0 Å². The van der Waals surface area contributed by atoms with Crippen molar-refractivity contribution < 1.29 is 9.47 Å². The van der Waals surface area contributed by atoms with Gasteiger partial charge in [0.15, 0.2) is 11.5 Å². The Hall–Kier alpha value is -1.66. The van der Waals surface area contributed by atoms with Gasteiger partial charge >= 0.3 is 0 Å². The summed E-state index contributed by atoms with van der Waals surface area (Å²) in [5.74, 6) is 7.22. The van der Waals surface area contributed by atoms with E-state index in [1.54, 1.807) is 7.11 Å². The van der Waals surface area contributed by atoms with Crippen molar-refractivity contribution in [2.24, 2.45) is 5.73 Å². The molecule has 0 unspecified atom stereocenters. The summed E-state index contributed by atoms with van der Waals surface area (Å²) in [6.45, 7) is 2.87. The van der Waals surface area contributed by atoms with Crippen molar-refractivity contribution in [2.45, 2.75) is 19.9 Å². The molecule has 16 heavy (non-hydrogen) atoms. The standard InChI is InChI=1S/C13H17NO2/c1-3-4-5-8-16-13-9-11(10-14)6-7-12(13)15-2/h6-7,9H,5,8,10,14H2,1-2H3. The van der Waals surface area contributed by atoms with Crippen LogP contribution in [0.5, 0.6) is 11.5 Å². The van der Waals surface area contributed by atoms with Crippen LogP contribution in [0.1, 0.15) is 18.9 Å². The fourth-order valence-electron chi connectivity index (χ4n) is 1.30. The van der Waals surface area contributed by atoms with E-state index >= 15 is 0 Å². The van der Waals surface area contributed by atoms with Gasteiger partial charge in [-0.25, -0.2) is 0 Å². The highest BCUT2D eigenvalue weighted by atomic mass is 16.5. The molecule has 0 saturated heterocycles. The molecule has 0 aliphatic heterocycles. The third-order valence-electron chi connectivity index (χ3n) is 2.13. The predicted octanol–water partition coefficient (Wildman–Crippen LogP) is 1.95. The summed E-state index contributed by atoms with van der Waals surface area (Å²) < 4.78 is 10.8. The smallest absolute Gasteiger partial charge is 0.161 e. The lowest BCUT2D eigenvalue weighted by molar-refractivity contribution is 0.301. The number of rotatable bonds is 5. The molecule has 0 radical (unpaired) electrons. The van der Waals surface area contributed by atoms with Crippen molar-refractivity contribution in [2.75, 3.05) is 13.7 Å². The molecule has 0 heterocycles. The van der Waals surface area contributed by atoms with Gasteiger partial charge < -0.3 is 15.2 Å². The molecular formula is C13H17NO2. The Morgan fingerprint density at radius 1 is 1.31 bits per heavy atom. The minimum absolute atomic E-state index is 0.495. The van der Waals surface area contributed by atoms with E-state index in [0.717, 1.165) is 17.1 Å².